The number of nitrogens with zero attached hydrogens (tertiary/aromatic N) is 1. The summed E-state index contributed by atoms with van der Waals surface area (Å²) in [4.78, 5) is 15.0. The third kappa shape index (κ3) is 6.61. The number of piperidine rings is 1. The number of ether oxygens (including phenoxy) is 2. The normalized spacial score (nSPS) is 23.9. The molecule has 0 aromatic heterocycles. The van der Waals surface area contributed by atoms with Gasteiger partial charge in [0.25, 0.3) is 5.91 Å². The quantitative estimate of drug-likeness (QED) is 0.620. The zero-order chi connectivity index (χ0) is 23.2. The topological polar surface area (TPSA) is 50.8 Å². The minimum atomic E-state index is -0.0827. The van der Waals surface area contributed by atoms with Gasteiger partial charge in [-0.25, -0.2) is 0 Å². The molecule has 1 heterocycles. The van der Waals surface area contributed by atoms with E-state index in [2.05, 4.69) is 49.3 Å². The molecule has 0 saturated carbocycles. The van der Waals surface area contributed by atoms with Crippen molar-refractivity contribution >= 4 is 5.91 Å². The van der Waals surface area contributed by atoms with Crippen molar-refractivity contribution in [3.63, 3.8) is 0 Å². The van der Waals surface area contributed by atoms with Gasteiger partial charge in [-0.2, -0.15) is 0 Å². The molecule has 2 unspecified atom stereocenters. The van der Waals surface area contributed by atoms with Crippen LogP contribution in [0.5, 0.6) is 5.75 Å². The van der Waals surface area contributed by atoms with Crippen molar-refractivity contribution in [2.75, 3.05) is 26.7 Å². The van der Waals surface area contributed by atoms with Crippen LogP contribution in [-0.4, -0.2) is 43.6 Å². The highest BCUT2D eigenvalue weighted by atomic mass is 16.5. The molecule has 1 fully saturated rings. The number of carbonyl (C=O) groups excluding carboxylic acids is 1. The maximum absolute atomic E-state index is 12.7. The number of amides is 1. The summed E-state index contributed by atoms with van der Waals surface area (Å²) < 4.78 is 12.3. The molecule has 1 aromatic rings. The van der Waals surface area contributed by atoms with Crippen molar-refractivity contribution in [2.24, 2.45) is 11.8 Å². The van der Waals surface area contributed by atoms with Crippen LogP contribution in [0.1, 0.15) is 49.9 Å². The first kappa shape index (κ1) is 23.4. The molecule has 4 rings (SSSR count). The molecule has 1 amide bonds. The molecule has 3 aliphatic rings. The Balaban J connectivity index is 1.28. The first-order valence-electron chi connectivity index (χ1n) is 12.2. The molecule has 5 heteroatoms. The highest BCUT2D eigenvalue weighted by molar-refractivity contribution is 5.94. The van der Waals surface area contributed by atoms with Crippen molar-refractivity contribution in [2.45, 2.75) is 45.6 Å². The molecule has 1 N–H and O–H groups in total. The number of likely N-dealkylation sites (tertiary alicyclic amines) is 1. The number of carbonyl (C=O) groups is 1. The Hall–Kier alpha value is -2.79. The molecule has 33 heavy (non-hydrogen) atoms. The van der Waals surface area contributed by atoms with Gasteiger partial charge in [-0.3, -0.25) is 4.79 Å². The predicted molar refractivity (Wildman–Crippen MR) is 132 cm³/mol. The Morgan fingerprint density at radius 3 is 2.64 bits per heavy atom. The monoisotopic (exact) mass is 448 g/mol. The van der Waals surface area contributed by atoms with Crippen LogP contribution in [0.2, 0.25) is 0 Å². The lowest BCUT2D eigenvalue weighted by Gasteiger charge is -2.32. The van der Waals surface area contributed by atoms with Crippen LogP contribution >= 0.6 is 0 Å². The minimum absolute atomic E-state index is 0.0827. The average molecular weight is 449 g/mol. The van der Waals surface area contributed by atoms with Crippen LogP contribution < -0.4 is 10.1 Å². The van der Waals surface area contributed by atoms with Gasteiger partial charge in [-0.15, -0.1) is 0 Å². The minimum Gasteiger partial charge on any atom is -0.494 e. The highest BCUT2D eigenvalue weighted by Gasteiger charge is 2.23. The second kappa shape index (κ2) is 10.9. The zero-order valence-corrected chi connectivity index (χ0v) is 20.0. The largest absolute Gasteiger partial charge is 0.494 e. The Kier molecular flexibility index (Phi) is 7.71. The number of rotatable bonds is 7. The van der Waals surface area contributed by atoms with Crippen LogP contribution in [-0.2, 0) is 4.74 Å². The maximum Gasteiger partial charge on any atom is 0.251 e. The van der Waals surface area contributed by atoms with E-state index in [9.17, 15) is 4.79 Å². The molecule has 0 spiro atoms. The zero-order valence-electron chi connectivity index (χ0n) is 20.0. The van der Waals surface area contributed by atoms with E-state index >= 15 is 0 Å². The molecule has 2 aliphatic carbocycles. The van der Waals surface area contributed by atoms with Crippen LogP contribution in [0.3, 0.4) is 0 Å². The summed E-state index contributed by atoms with van der Waals surface area (Å²) in [6, 6.07) is 7.34. The van der Waals surface area contributed by atoms with Gasteiger partial charge in [0.1, 0.15) is 17.6 Å². The first-order valence-corrected chi connectivity index (χ1v) is 12.2. The average Bonchev–Trinajstić information content (AvgIpc) is 2.81. The second-order valence-corrected chi connectivity index (χ2v) is 9.59. The molecular formula is C28H36N2O3. The van der Waals surface area contributed by atoms with Gasteiger partial charge in [0.2, 0.25) is 0 Å². The summed E-state index contributed by atoms with van der Waals surface area (Å²) in [5.74, 6) is 3.54. The van der Waals surface area contributed by atoms with Gasteiger partial charge in [0.05, 0.1) is 5.76 Å². The van der Waals surface area contributed by atoms with Crippen LogP contribution in [0.4, 0.5) is 0 Å². The summed E-state index contributed by atoms with van der Waals surface area (Å²) in [5.41, 5.74) is 1.74. The fourth-order valence-corrected chi connectivity index (χ4v) is 4.39. The lowest BCUT2D eigenvalue weighted by Crippen LogP contribution is -2.34. The molecule has 176 valence electrons. The predicted octanol–water partition coefficient (Wildman–Crippen LogP) is 5.24. The molecule has 0 radical (unpaired) electrons. The standard InChI is InChI=1S/C28H36N2O3/c1-20-5-4-6-26(17-20)32-24-11-9-23(10-12-24)28(31)29-19-22-8-7-21(2)27(18-22)33-25-13-15-30(3)16-14-25/h4-6,8-12,18,20-21,25H,7,13-17,19H2,1-3H3,(H,29,31). The van der Waals surface area contributed by atoms with Gasteiger partial charge in [-0.05, 0) is 74.2 Å². The Labute approximate surface area is 197 Å². The molecular weight excluding hydrogens is 412 g/mol. The summed E-state index contributed by atoms with van der Waals surface area (Å²) in [6.45, 7) is 7.05. The van der Waals surface area contributed by atoms with Gasteiger partial charge in [-0.1, -0.05) is 32.1 Å². The summed E-state index contributed by atoms with van der Waals surface area (Å²) in [5, 5.41) is 3.04. The van der Waals surface area contributed by atoms with Gasteiger partial charge in [0.15, 0.2) is 0 Å². The van der Waals surface area contributed by atoms with E-state index in [-0.39, 0.29) is 5.91 Å². The van der Waals surface area contributed by atoms with Crippen LogP contribution in [0.25, 0.3) is 0 Å². The van der Waals surface area contributed by atoms with Gasteiger partial charge >= 0.3 is 0 Å². The molecule has 0 bridgehead atoms. The number of nitrogens with one attached hydrogen (secondary N) is 1. The highest BCUT2D eigenvalue weighted by Crippen LogP contribution is 2.28. The Morgan fingerprint density at radius 1 is 1.15 bits per heavy atom. The molecule has 1 aliphatic heterocycles. The fourth-order valence-electron chi connectivity index (χ4n) is 4.39. The van der Waals surface area contributed by atoms with E-state index in [0.717, 1.165) is 61.6 Å². The molecule has 2 atom stereocenters. The molecule has 5 nitrogen and oxygen atoms in total. The number of hydrogen-bond donors (Lipinski definition) is 1. The lowest BCUT2D eigenvalue weighted by molar-refractivity contribution is 0.0443. The first-order chi connectivity index (χ1) is 16.0. The fraction of sp³-hybridized carbons (Fsp3) is 0.464. The van der Waals surface area contributed by atoms with Crippen molar-refractivity contribution in [1.82, 2.24) is 10.2 Å². The van der Waals surface area contributed by atoms with E-state index in [4.69, 9.17) is 9.47 Å². The smallest absolute Gasteiger partial charge is 0.251 e. The van der Waals surface area contributed by atoms with E-state index in [1.54, 1.807) is 0 Å². The third-order valence-electron chi connectivity index (χ3n) is 6.58. The van der Waals surface area contributed by atoms with E-state index in [1.165, 1.54) is 0 Å². The van der Waals surface area contributed by atoms with E-state index in [1.807, 2.05) is 36.4 Å². The SMILES string of the molecule is CC1C=CC=C(Oc2ccc(C(=O)NCC3=CCC(C)C(OC4CCN(C)CC4)=C3)cc2)C1. The summed E-state index contributed by atoms with van der Waals surface area (Å²) in [6.07, 6.45) is 14.8. The van der Waals surface area contributed by atoms with Crippen molar-refractivity contribution in [3.8, 4) is 5.75 Å². The van der Waals surface area contributed by atoms with E-state index < -0.39 is 0 Å². The summed E-state index contributed by atoms with van der Waals surface area (Å²) in [7, 11) is 2.16. The van der Waals surface area contributed by atoms with Gasteiger partial charge in [0, 0.05) is 37.5 Å². The second-order valence-electron chi connectivity index (χ2n) is 9.59. The third-order valence-corrected chi connectivity index (χ3v) is 6.58. The van der Waals surface area contributed by atoms with E-state index in [0.29, 0.717) is 30.0 Å². The van der Waals surface area contributed by atoms with Gasteiger partial charge < -0.3 is 19.7 Å². The van der Waals surface area contributed by atoms with Crippen molar-refractivity contribution < 1.29 is 14.3 Å². The van der Waals surface area contributed by atoms with Crippen LogP contribution in [0.15, 0.2) is 71.7 Å². The Bertz CT molecular complexity index is 950. The number of hydrogen-bond acceptors (Lipinski definition) is 4. The maximum atomic E-state index is 12.7. The molecule has 1 aromatic carbocycles. The lowest BCUT2D eigenvalue weighted by atomic mass is 9.95. The molecule has 1 saturated heterocycles. The van der Waals surface area contributed by atoms with Crippen LogP contribution in [0, 0.1) is 11.8 Å². The number of allylic oxidation sites excluding steroid dienone is 6. The number of benzene rings is 1. The van der Waals surface area contributed by atoms with Crippen molar-refractivity contribution in [1.29, 1.82) is 0 Å². The van der Waals surface area contributed by atoms with Crippen molar-refractivity contribution in [3.05, 3.63) is 77.3 Å². The summed E-state index contributed by atoms with van der Waals surface area (Å²) >= 11 is 0. The Morgan fingerprint density at radius 2 is 1.91 bits per heavy atom.